The van der Waals surface area contributed by atoms with Crippen LogP contribution in [0, 0.1) is 0 Å². The van der Waals surface area contributed by atoms with Crippen LogP contribution in [0.1, 0.15) is 10.5 Å². The van der Waals surface area contributed by atoms with Gasteiger partial charge in [-0.05, 0) is 6.07 Å². The molecule has 2 N–H and O–H groups in total. The number of rotatable bonds is 2. The highest BCUT2D eigenvalue weighted by molar-refractivity contribution is 5.86. The van der Waals surface area contributed by atoms with E-state index in [4.69, 9.17) is 5.11 Å². The summed E-state index contributed by atoms with van der Waals surface area (Å²) in [6.45, 7) is 1.12. The van der Waals surface area contributed by atoms with E-state index >= 15 is 0 Å². The highest BCUT2D eigenvalue weighted by Gasteiger charge is 2.25. The van der Waals surface area contributed by atoms with Crippen molar-refractivity contribution in [3.63, 3.8) is 0 Å². The smallest absolute Gasteiger partial charge is 0.356 e. The normalized spacial score (nSPS) is 16.2. The molecule has 0 amide bonds. The Balaban J connectivity index is 1.98. The van der Waals surface area contributed by atoms with Crippen LogP contribution in [0.2, 0.25) is 0 Å². The zero-order chi connectivity index (χ0) is 12.0. The van der Waals surface area contributed by atoms with Crippen molar-refractivity contribution in [2.24, 2.45) is 0 Å². The second kappa shape index (κ2) is 3.42. The van der Waals surface area contributed by atoms with Gasteiger partial charge in [0.05, 0.1) is 6.10 Å². The Morgan fingerprint density at radius 2 is 2.24 bits per heavy atom. The molecular formula is C10H10N4O3. The number of aliphatic hydroxyl groups is 1. The summed E-state index contributed by atoms with van der Waals surface area (Å²) in [4.78, 5) is 17.0. The van der Waals surface area contributed by atoms with Crippen LogP contribution in [0.25, 0.3) is 5.65 Å². The number of aromatic carboxylic acids is 1. The van der Waals surface area contributed by atoms with Crippen molar-refractivity contribution in [1.82, 2.24) is 14.6 Å². The molecule has 0 bridgehead atoms. The minimum absolute atomic E-state index is 0.0294. The number of aromatic nitrogens is 3. The molecule has 1 fully saturated rings. The van der Waals surface area contributed by atoms with E-state index in [2.05, 4.69) is 10.1 Å². The lowest BCUT2D eigenvalue weighted by Crippen LogP contribution is -2.51. The number of aliphatic hydroxyl groups excluding tert-OH is 1. The van der Waals surface area contributed by atoms with Gasteiger partial charge < -0.3 is 15.1 Å². The van der Waals surface area contributed by atoms with Crippen LogP contribution in [0.4, 0.5) is 5.82 Å². The quantitative estimate of drug-likeness (QED) is 0.735. The molecule has 2 aromatic rings. The van der Waals surface area contributed by atoms with E-state index in [-0.39, 0.29) is 11.8 Å². The molecule has 1 aliphatic rings. The molecule has 17 heavy (non-hydrogen) atoms. The molecule has 88 valence electrons. The van der Waals surface area contributed by atoms with Gasteiger partial charge in [0, 0.05) is 25.4 Å². The number of carbonyl (C=O) groups is 1. The van der Waals surface area contributed by atoms with Gasteiger partial charge in [0.1, 0.15) is 5.82 Å². The van der Waals surface area contributed by atoms with Crippen LogP contribution in [-0.4, -0.2) is 50.0 Å². The van der Waals surface area contributed by atoms with Crippen LogP contribution in [-0.2, 0) is 0 Å². The van der Waals surface area contributed by atoms with Crippen molar-refractivity contribution in [3.05, 3.63) is 24.0 Å². The van der Waals surface area contributed by atoms with Gasteiger partial charge in [0.2, 0.25) is 0 Å². The van der Waals surface area contributed by atoms with Gasteiger partial charge >= 0.3 is 5.97 Å². The lowest BCUT2D eigenvalue weighted by Gasteiger charge is -2.36. The van der Waals surface area contributed by atoms with E-state index in [0.717, 1.165) is 5.82 Å². The molecule has 0 unspecified atom stereocenters. The monoisotopic (exact) mass is 234 g/mol. The first kappa shape index (κ1) is 10.0. The van der Waals surface area contributed by atoms with Crippen molar-refractivity contribution < 1.29 is 15.0 Å². The third kappa shape index (κ3) is 1.60. The molecule has 3 rings (SSSR count). The van der Waals surface area contributed by atoms with Gasteiger partial charge in [-0.2, -0.15) is 5.10 Å². The van der Waals surface area contributed by atoms with Gasteiger partial charge in [-0.3, -0.25) is 0 Å². The Labute approximate surface area is 95.9 Å². The highest BCUT2D eigenvalue weighted by Crippen LogP contribution is 2.19. The Morgan fingerprint density at radius 1 is 1.47 bits per heavy atom. The van der Waals surface area contributed by atoms with Crippen LogP contribution in [0.3, 0.4) is 0 Å². The molecule has 0 aromatic carbocycles. The molecule has 1 saturated heterocycles. The summed E-state index contributed by atoms with van der Waals surface area (Å²) < 4.78 is 1.42. The van der Waals surface area contributed by atoms with Crippen molar-refractivity contribution in [1.29, 1.82) is 0 Å². The summed E-state index contributed by atoms with van der Waals surface area (Å²) in [5.74, 6) is -0.351. The SMILES string of the molecule is O=C(O)c1cc2nc(N3CC(O)C3)ccn2n1. The maximum absolute atomic E-state index is 10.8. The minimum atomic E-state index is -1.07. The van der Waals surface area contributed by atoms with Crippen molar-refractivity contribution in [2.75, 3.05) is 18.0 Å². The Hall–Kier alpha value is -2.15. The number of carboxylic acids is 1. The zero-order valence-corrected chi connectivity index (χ0v) is 8.82. The lowest BCUT2D eigenvalue weighted by atomic mass is 10.2. The van der Waals surface area contributed by atoms with E-state index in [1.54, 1.807) is 12.3 Å². The van der Waals surface area contributed by atoms with Gasteiger partial charge in [-0.25, -0.2) is 14.3 Å². The van der Waals surface area contributed by atoms with Crippen LogP contribution in [0.5, 0.6) is 0 Å². The minimum Gasteiger partial charge on any atom is -0.476 e. The summed E-state index contributed by atoms with van der Waals surface area (Å²) in [7, 11) is 0. The average molecular weight is 234 g/mol. The van der Waals surface area contributed by atoms with Crippen molar-refractivity contribution in [3.8, 4) is 0 Å². The van der Waals surface area contributed by atoms with Crippen LogP contribution in [0.15, 0.2) is 18.3 Å². The second-order valence-electron chi connectivity index (χ2n) is 3.98. The predicted octanol–water partition coefficient (Wildman–Crippen LogP) is -0.392. The third-order valence-corrected chi connectivity index (χ3v) is 2.72. The fourth-order valence-electron chi connectivity index (χ4n) is 1.79. The van der Waals surface area contributed by atoms with E-state index in [1.807, 2.05) is 4.90 Å². The first-order valence-corrected chi connectivity index (χ1v) is 5.16. The van der Waals surface area contributed by atoms with E-state index in [0.29, 0.717) is 18.7 Å². The summed E-state index contributed by atoms with van der Waals surface area (Å²) in [5, 5.41) is 21.9. The number of hydrogen-bond acceptors (Lipinski definition) is 5. The number of carboxylic acid groups (broad SMARTS) is 1. The summed E-state index contributed by atoms with van der Waals surface area (Å²) in [6, 6.07) is 3.17. The van der Waals surface area contributed by atoms with Gasteiger partial charge in [0.15, 0.2) is 11.3 Å². The molecule has 0 atom stereocenters. The Kier molecular flexibility index (Phi) is 2.02. The number of β-amino-alcohol motifs (C(OH)–C–C–N with tert-alkyl or cyclic N) is 1. The number of nitrogens with zero attached hydrogens (tertiary/aromatic N) is 4. The Morgan fingerprint density at radius 3 is 2.88 bits per heavy atom. The predicted molar refractivity (Wildman–Crippen MR) is 58.2 cm³/mol. The van der Waals surface area contributed by atoms with E-state index in [9.17, 15) is 9.90 Å². The van der Waals surface area contributed by atoms with Gasteiger partial charge in [-0.1, -0.05) is 0 Å². The standard InChI is InChI=1S/C10H10N4O3/c15-6-4-13(5-6)8-1-2-14-9(11-8)3-7(12-14)10(16)17/h1-3,6,15H,4-5H2,(H,16,17). The van der Waals surface area contributed by atoms with Crippen LogP contribution < -0.4 is 4.90 Å². The van der Waals surface area contributed by atoms with Crippen LogP contribution >= 0.6 is 0 Å². The summed E-state index contributed by atoms with van der Waals surface area (Å²) >= 11 is 0. The molecule has 1 aliphatic heterocycles. The maximum atomic E-state index is 10.8. The molecule has 0 spiro atoms. The first-order chi connectivity index (χ1) is 8.13. The molecule has 0 radical (unpaired) electrons. The van der Waals surface area contributed by atoms with Gasteiger partial charge in [0.25, 0.3) is 0 Å². The van der Waals surface area contributed by atoms with Crippen molar-refractivity contribution >= 4 is 17.4 Å². The molecule has 0 saturated carbocycles. The molecule has 2 aromatic heterocycles. The van der Waals surface area contributed by atoms with Crippen molar-refractivity contribution in [2.45, 2.75) is 6.10 Å². The topological polar surface area (TPSA) is 91.0 Å². The fourth-order valence-corrected chi connectivity index (χ4v) is 1.79. The summed E-state index contributed by atoms with van der Waals surface area (Å²) in [5.41, 5.74) is 0.458. The molecule has 0 aliphatic carbocycles. The number of hydrogen-bond donors (Lipinski definition) is 2. The fraction of sp³-hybridized carbons (Fsp3) is 0.300. The molecular weight excluding hydrogens is 224 g/mol. The molecule has 7 heteroatoms. The van der Waals surface area contributed by atoms with E-state index in [1.165, 1.54) is 10.6 Å². The second-order valence-corrected chi connectivity index (χ2v) is 3.98. The summed E-state index contributed by atoms with van der Waals surface area (Å²) in [6.07, 6.45) is 1.36. The maximum Gasteiger partial charge on any atom is 0.356 e. The Bertz CT molecular complexity index is 588. The van der Waals surface area contributed by atoms with Gasteiger partial charge in [-0.15, -0.1) is 0 Å². The highest BCUT2D eigenvalue weighted by atomic mass is 16.4. The molecule has 7 nitrogen and oxygen atoms in total. The van der Waals surface area contributed by atoms with E-state index < -0.39 is 5.97 Å². The number of fused-ring (bicyclic) bond motifs is 1. The largest absolute Gasteiger partial charge is 0.476 e. The zero-order valence-electron chi connectivity index (χ0n) is 8.82. The molecule has 3 heterocycles. The lowest BCUT2D eigenvalue weighted by molar-refractivity contribution is 0.0690. The first-order valence-electron chi connectivity index (χ1n) is 5.16. The number of anilines is 1. The average Bonchev–Trinajstić information content (AvgIpc) is 2.67. The third-order valence-electron chi connectivity index (χ3n) is 2.72.